The van der Waals surface area contributed by atoms with Crippen LogP contribution in [-0.2, 0) is 11.2 Å². The van der Waals surface area contributed by atoms with Crippen LogP contribution in [0.4, 0.5) is 0 Å². The highest BCUT2D eigenvalue weighted by molar-refractivity contribution is 8.03. The molecule has 0 saturated heterocycles. The van der Waals surface area contributed by atoms with Crippen molar-refractivity contribution in [2.45, 2.75) is 32.4 Å². The van der Waals surface area contributed by atoms with Gasteiger partial charge in [-0.1, -0.05) is 25.1 Å². The van der Waals surface area contributed by atoms with Crippen molar-refractivity contribution in [2.75, 3.05) is 0 Å². The van der Waals surface area contributed by atoms with Gasteiger partial charge in [-0.3, -0.25) is 0 Å². The maximum Gasteiger partial charge on any atom is 0.342 e. The lowest BCUT2D eigenvalue weighted by molar-refractivity contribution is -0.131. The summed E-state index contributed by atoms with van der Waals surface area (Å²) in [6, 6.07) is 11.9. The molecule has 0 fully saturated rings. The normalized spacial score (nSPS) is 11.7. The SMILES string of the molecule is CCc1nnc(S/C(=C\c2cc(C)n(-c3ccccc3)c2C)C(=O)O)o1. The standard InChI is InChI=1S/C19H19N3O3S/c1-4-17-20-21-19(25-17)26-16(18(23)24)11-14-10-12(2)22(13(14)3)15-8-6-5-7-9-15/h5-11H,4H2,1-3H3,(H,23,24)/b16-11-. The molecule has 7 heteroatoms. The molecule has 0 amide bonds. The Hall–Kier alpha value is -2.80. The average Bonchev–Trinajstić information content (AvgIpc) is 3.19. The van der Waals surface area contributed by atoms with E-state index in [1.807, 2.05) is 57.2 Å². The van der Waals surface area contributed by atoms with Gasteiger partial charge in [-0.15, -0.1) is 10.2 Å². The molecule has 0 bridgehead atoms. The van der Waals surface area contributed by atoms with E-state index in [1.165, 1.54) is 0 Å². The second-order valence-electron chi connectivity index (χ2n) is 5.73. The molecule has 1 aromatic carbocycles. The molecule has 1 N–H and O–H groups in total. The monoisotopic (exact) mass is 369 g/mol. The summed E-state index contributed by atoms with van der Waals surface area (Å²) >= 11 is 0.960. The number of hydrogen-bond acceptors (Lipinski definition) is 5. The third-order valence-electron chi connectivity index (χ3n) is 3.93. The number of rotatable bonds is 6. The number of benzene rings is 1. The van der Waals surface area contributed by atoms with E-state index in [4.69, 9.17) is 4.42 Å². The highest BCUT2D eigenvalue weighted by Gasteiger charge is 2.17. The van der Waals surface area contributed by atoms with Crippen LogP contribution in [0.3, 0.4) is 0 Å². The van der Waals surface area contributed by atoms with Crippen LogP contribution in [0.1, 0.15) is 29.8 Å². The number of hydrogen-bond donors (Lipinski definition) is 1. The largest absolute Gasteiger partial charge is 0.477 e. The predicted molar refractivity (Wildman–Crippen MR) is 100 cm³/mol. The molecule has 0 saturated carbocycles. The first kappa shape index (κ1) is 18.0. The number of carboxylic acid groups (broad SMARTS) is 1. The van der Waals surface area contributed by atoms with E-state index in [0.717, 1.165) is 34.4 Å². The number of nitrogens with zero attached hydrogens (tertiary/aromatic N) is 3. The Bertz CT molecular complexity index is 958. The lowest BCUT2D eigenvalue weighted by Gasteiger charge is -2.09. The Labute approximate surface area is 155 Å². The first-order valence-corrected chi connectivity index (χ1v) is 9.00. The summed E-state index contributed by atoms with van der Waals surface area (Å²) in [4.78, 5) is 11.8. The maximum absolute atomic E-state index is 11.7. The van der Waals surface area contributed by atoms with E-state index >= 15 is 0 Å². The molecule has 0 atom stereocenters. The minimum absolute atomic E-state index is 0.129. The van der Waals surface area contributed by atoms with Gasteiger partial charge in [0.25, 0.3) is 5.22 Å². The summed E-state index contributed by atoms with van der Waals surface area (Å²) in [6.07, 6.45) is 2.25. The highest BCUT2D eigenvalue weighted by Crippen LogP contribution is 2.30. The van der Waals surface area contributed by atoms with Gasteiger partial charge in [0.05, 0.1) is 0 Å². The summed E-state index contributed by atoms with van der Waals surface area (Å²) < 4.78 is 7.51. The average molecular weight is 369 g/mol. The van der Waals surface area contributed by atoms with Crippen LogP contribution in [0.5, 0.6) is 0 Å². The minimum Gasteiger partial charge on any atom is -0.477 e. The minimum atomic E-state index is -1.03. The fourth-order valence-electron chi connectivity index (χ4n) is 2.70. The van der Waals surface area contributed by atoms with Crippen molar-refractivity contribution in [2.24, 2.45) is 0 Å². The summed E-state index contributed by atoms with van der Waals surface area (Å²) in [5.41, 5.74) is 3.87. The molecule has 2 heterocycles. The topological polar surface area (TPSA) is 81.2 Å². The highest BCUT2D eigenvalue weighted by atomic mass is 32.2. The van der Waals surface area contributed by atoms with Crippen LogP contribution in [-0.4, -0.2) is 25.8 Å². The van der Waals surface area contributed by atoms with Crippen molar-refractivity contribution >= 4 is 23.8 Å². The third kappa shape index (κ3) is 3.72. The van der Waals surface area contributed by atoms with Gasteiger partial charge in [-0.2, -0.15) is 0 Å². The summed E-state index contributed by atoms with van der Waals surface area (Å²) in [7, 11) is 0. The number of aromatic nitrogens is 3. The number of para-hydroxylation sites is 1. The van der Waals surface area contributed by atoms with Crippen LogP contribution in [0.15, 0.2) is 50.9 Å². The lowest BCUT2D eigenvalue weighted by Crippen LogP contribution is -1.99. The summed E-state index contributed by atoms with van der Waals surface area (Å²) in [5.74, 6) is -0.546. The molecule has 0 aliphatic rings. The van der Waals surface area contributed by atoms with Gasteiger partial charge in [0.2, 0.25) is 5.89 Å². The second-order valence-corrected chi connectivity index (χ2v) is 6.72. The van der Waals surface area contributed by atoms with Crippen LogP contribution < -0.4 is 0 Å². The van der Waals surface area contributed by atoms with Crippen molar-refractivity contribution in [1.82, 2.24) is 14.8 Å². The number of carboxylic acids is 1. The first-order chi connectivity index (χ1) is 12.5. The van der Waals surface area contributed by atoms with E-state index in [0.29, 0.717) is 12.3 Å². The maximum atomic E-state index is 11.7. The van der Waals surface area contributed by atoms with Gasteiger partial charge >= 0.3 is 5.97 Å². The molecule has 0 spiro atoms. The van der Waals surface area contributed by atoms with E-state index < -0.39 is 5.97 Å². The lowest BCUT2D eigenvalue weighted by atomic mass is 10.2. The van der Waals surface area contributed by atoms with E-state index in [9.17, 15) is 9.90 Å². The molecule has 134 valence electrons. The Balaban J connectivity index is 1.97. The van der Waals surface area contributed by atoms with Crippen molar-refractivity contribution in [3.8, 4) is 5.69 Å². The predicted octanol–water partition coefficient (Wildman–Crippen LogP) is 4.26. The summed E-state index contributed by atoms with van der Waals surface area (Å²) in [6.45, 7) is 5.86. The molecule has 6 nitrogen and oxygen atoms in total. The van der Waals surface area contributed by atoms with Crippen molar-refractivity contribution < 1.29 is 14.3 Å². The van der Waals surface area contributed by atoms with Crippen LogP contribution >= 0.6 is 11.8 Å². The Morgan fingerprint density at radius 2 is 2.00 bits per heavy atom. The van der Waals surface area contributed by atoms with E-state index in [2.05, 4.69) is 14.8 Å². The molecule has 0 unspecified atom stereocenters. The molecular weight excluding hydrogens is 350 g/mol. The third-order valence-corrected chi connectivity index (χ3v) is 4.78. The molecule has 26 heavy (non-hydrogen) atoms. The molecule has 2 aromatic heterocycles. The first-order valence-electron chi connectivity index (χ1n) is 8.19. The molecule has 0 aliphatic carbocycles. The van der Waals surface area contributed by atoms with Gasteiger partial charge in [0.1, 0.15) is 4.91 Å². The second kappa shape index (κ2) is 7.61. The van der Waals surface area contributed by atoms with Gasteiger partial charge in [0.15, 0.2) is 0 Å². The fraction of sp³-hybridized carbons (Fsp3) is 0.211. The Morgan fingerprint density at radius 1 is 1.27 bits per heavy atom. The molecule has 0 aliphatic heterocycles. The number of aliphatic carboxylic acids is 1. The van der Waals surface area contributed by atoms with Gasteiger partial charge in [0, 0.05) is 23.5 Å². The quantitative estimate of drug-likeness (QED) is 0.516. The van der Waals surface area contributed by atoms with Gasteiger partial charge in [-0.05, 0) is 55.4 Å². The zero-order valence-electron chi connectivity index (χ0n) is 14.8. The van der Waals surface area contributed by atoms with Crippen molar-refractivity contribution in [3.05, 3.63) is 64.1 Å². The zero-order valence-corrected chi connectivity index (χ0v) is 15.6. The van der Waals surface area contributed by atoms with Crippen LogP contribution in [0.25, 0.3) is 11.8 Å². The molecular formula is C19H19N3O3S. The van der Waals surface area contributed by atoms with E-state index in [1.54, 1.807) is 6.08 Å². The summed E-state index contributed by atoms with van der Waals surface area (Å²) in [5, 5.41) is 17.5. The van der Waals surface area contributed by atoms with E-state index in [-0.39, 0.29) is 10.1 Å². The van der Waals surface area contributed by atoms with Crippen molar-refractivity contribution in [3.63, 3.8) is 0 Å². The van der Waals surface area contributed by atoms with Crippen LogP contribution in [0, 0.1) is 13.8 Å². The van der Waals surface area contributed by atoms with Crippen molar-refractivity contribution in [1.29, 1.82) is 0 Å². The van der Waals surface area contributed by atoms with Gasteiger partial charge in [-0.25, -0.2) is 4.79 Å². The molecule has 3 aromatic rings. The Morgan fingerprint density at radius 3 is 2.62 bits per heavy atom. The smallest absolute Gasteiger partial charge is 0.342 e. The number of aryl methyl sites for hydroxylation is 2. The zero-order chi connectivity index (χ0) is 18.7. The fourth-order valence-corrected chi connectivity index (χ4v) is 3.38. The van der Waals surface area contributed by atoms with Crippen LogP contribution in [0.2, 0.25) is 0 Å². The number of thioether (sulfide) groups is 1. The molecule has 3 rings (SSSR count). The molecule has 0 radical (unpaired) electrons. The Kier molecular flexibility index (Phi) is 5.27. The van der Waals surface area contributed by atoms with Gasteiger partial charge < -0.3 is 14.1 Å². The number of carbonyl (C=O) groups is 1.